The summed E-state index contributed by atoms with van der Waals surface area (Å²) in [6.45, 7) is 3.81. The topological polar surface area (TPSA) is 71.4 Å². The Hall–Kier alpha value is -2.21. The Kier molecular flexibility index (Phi) is 3.96. The lowest BCUT2D eigenvalue weighted by Crippen LogP contribution is -2.15. The molecule has 0 amide bonds. The van der Waals surface area contributed by atoms with E-state index in [4.69, 9.17) is 0 Å². The number of pyridine rings is 1. The van der Waals surface area contributed by atoms with Gasteiger partial charge >= 0.3 is 0 Å². The third kappa shape index (κ3) is 3.11. The number of aromatic amines is 1. The molecule has 3 heterocycles. The first-order chi connectivity index (χ1) is 10.2. The summed E-state index contributed by atoms with van der Waals surface area (Å²) in [5.41, 5.74) is 3.16. The Labute approximate surface area is 123 Å². The minimum atomic E-state index is 0.829. The second-order valence-electron chi connectivity index (χ2n) is 5.24. The van der Waals surface area contributed by atoms with Gasteiger partial charge in [0.25, 0.3) is 0 Å². The largest absolute Gasteiger partial charge is 0.349 e. The number of nitrogens with zero attached hydrogens (tertiary/aromatic N) is 4. The number of imidazole rings is 1. The molecule has 0 saturated heterocycles. The third-order valence-corrected chi connectivity index (χ3v) is 3.57. The molecule has 0 aliphatic heterocycles. The Morgan fingerprint density at radius 1 is 1.33 bits per heavy atom. The summed E-state index contributed by atoms with van der Waals surface area (Å²) in [6, 6.07) is 2.17. The summed E-state index contributed by atoms with van der Waals surface area (Å²) in [5.74, 6) is 1.05. The van der Waals surface area contributed by atoms with Crippen molar-refractivity contribution in [2.45, 2.75) is 26.3 Å². The molecule has 0 aliphatic carbocycles. The smallest absolute Gasteiger partial charge is 0.157 e. The molecule has 6 heteroatoms. The number of aryl methyl sites for hydroxylation is 3. The lowest BCUT2D eigenvalue weighted by molar-refractivity contribution is 0.640. The molecule has 21 heavy (non-hydrogen) atoms. The average molecular weight is 284 g/mol. The van der Waals surface area contributed by atoms with Crippen molar-refractivity contribution in [3.63, 3.8) is 0 Å². The number of H-pyrrole nitrogens is 1. The fourth-order valence-electron chi connectivity index (χ4n) is 2.50. The van der Waals surface area contributed by atoms with E-state index in [9.17, 15) is 0 Å². The molecule has 3 aromatic rings. The summed E-state index contributed by atoms with van der Waals surface area (Å²) in [6.07, 6.45) is 7.61. The summed E-state index contributed by atoms with van der Waals surface area (Å²) in [7, 11) is 1.93. The van der Waals surface area contributed by atoms with Gasteiger partial charge in [0, 0.05) is 44.0 Å². The minimum Gasteiger partial charge on any atom is -0.349 e. The first-order valence-electron chi connectivity index (χ1n) is 7.21. The normalized spacial score (nSPS) is 11.3. The van der Waals surface area contributed by atoms with Gasteiger partial charge in [0.05, 0.1) is 5.69 Å². The van der Waals surface area contributed by atoms with Gasteiger partial charge in [-0.2, -0.15) is 5.10 Å². The maximum atomic E-state index is 4.49. The molecular weight excluding hydrogens is 264 g/mol. The highest BCUT2D eigenvalue weighted by molar-refractivity contribution is 5.78. The molecule has 2 N–H and O–H groups in total. The highest BCUT2D eigenvalue weighted by atomic mass is 15.3. The first-order valence-corrected chi connectivity index (χ1v) is 7.21. The van der Waals surface area contributed by atoms with Gasteiger partial charge in [-0.25, -0.2) is 9.97 Å². The van der Waals surface area contributed by atoms with Crippen molar-refractivity contribution in [2.75, 3.05) is 6.54 Å². The molecule has 0 fully saturated rings. The number of fused-ring (bicyclic) bond motifs is 1. The van der Waals surface area contributed by atoms with Gasteiger partial charge in [-0.05, 0) is 31.5 Å². The van der Waals surface area contributed by atoms with E-state index in [-0.39, 0.29) is 0 Å². The van der Waals surface area contributed by atoms with Crippen molar-refractivity contribution in [1.82, 2.24) is 30.0 Å². The Morgan fingerprint density at radius 2 is 2.24 bits per heavy atom. The van der Waals surface area contributed by atoms with E-state index in [0.717, 1.165) is 48.5 Å². The van der Waals surface area contributed by atoms with Crippen LogP contribution < -0.4 is 5.32 Å². The first kappa shape index (κ1) is 13.8. The van der Waals surface area contributed by atoms with E-state index in [1.807, 2.05) is 31.0 Å². The van der Waals surface area contributed by atoms with Crippen LogP contribution in [-0.2, 0) is 20.0 Å². The minimum absolute atomic E-state index is 0.829. The molecule has 6 nitrogen and oxygen atoms in total. The zero-order valence-electron chi connectivity index (χ0n) is 12.4. The van der Waals surface area contributed by atoms with Gasteiger partial charge in [0.1, 0.15) is 5.82 Å². The van der Waals surface area contributed by atoms with Crippen LogP contribution in [0.25, 0.3) is 11.0 Å². The van der Waals surface area contributed by atoms with E-state index < -0.39 is 0 Å². The van der Waals surface area contributed by atoms with Crippen LogP contribution in [-0.4, -0.2) is 31.3 Å². The molecule has 0 aromatic carbocycles. The maximum absolute atomic E-state index is 4.49. The molecule has 3 rings (SSSR count). The van der Waals surface area contributed by atoms with Crippen molar-refractivity contribution >= 4 is 11.0 Å². The standard InChI is InChI=1S/C15H20N6/c1-11-13-8-12(10-19-15(13)21(2)20-11)9-16-5-3-4-14-17-6-7-18-14/h6-8,10,16H,3-5,9H2,1-2H3,(H,17,18). The van der Waals surface area contributed by atoms with Crippen LogP contribution in [0.1, 0.15) is 23.5 Å². The highest BCUT2D eigenvalue weighted by Crippen LogP contribution is 2.16. The fourth-order valence-corrected chi connectivity index (χ4v) is 2.50. The molecule has 3 aromatic heterocycles. The summed E-state index contributed by atoms with van der Waals surface area (Å²) >= 11 is 0. The van der Waals surface area contributed by atoms with E-state index in [0.29, 0.717) is 0 Å². The number of rotatable bonds is 6. The number of hydrogen-bond donors (Lipinski definition) is 2. The molecule has 0 unspecified atom stereocenters. The molecule has 0 saturated carbocycles. The van der Waals surface area contributed by atoms with Gasteiger partial charge in [-0.15, -0.1) is 0 Å². The monoisotopic (exact) mass is 284 g/mol. The predicted octanol–water partition coefficient (Wildman–Crippen LogP) is 1.72. The van der Waals surface area contributed by atoms with Gasteiger partial charge in [0.2, 0.25) is 0 Å². The molecule has 0 bridgehead atoms. The van der Waals surface area contributed by atoms with Crippen molar-refractivity contribution < 1.29 is 0 Å². The van der Waals surface area contributed by atoms with Crippen LogP contribution in [0.5, 0.6) is 0 Å². The summed E-state index contributed by atoms with van der Waals surface area (Å²) < 4.78 is 1.82. The number of hydrogen-bond acceptors (Lipinski definition) is 4. The fraction of sp³-hybridized carbons (Fsp3) is 0.400. The van der Waals surface area contributed by atoms with Crippen LogP contribution in [0.15, 0.2) is 24.7 Å². The number of nitrogens with one attached hydrogen (secondary N) is 2. The lowest BCUT2D eigenvalue weighted by Gasteiger charge is -2.04. The van der Waals surface area contributed by atoms with E-state index in [1.165, 1.54) is 5.56 Å². The SMILES string of the molecule is Cc1nn(C)c2ncc(CNCCCc3ncc[nH]3)cc12. The second-order valence-corrected chi connectivity index (χ2v) is 5.24. The van der Waals surface area contributed by atoms with Crippen LogP contribution in [0.4, 0.5) is 0 Å². The van der Waals surface area contributed by atoms with Crippen molar-refractivity contribution in [3.05, 3.63) is 41.7 Å². The zero-order chi connectivity index (χ0) is 14.7. The predicted molar refractivity (Wildman–Crippen MR) is 81.9 cm³/mol. The van der Waals surface area contributed by atoms with Gasteiger partial charge < -0.3 is 10.3 Å². The second kappa shape index (κ2) is 6.05. The molecule has 0 radical (unpaired) electrons. The highest BCUT2D eigenvalue weighted by Gasteiger charge is 2.06. The van der Waals surface area contributed by atoms with Crippen molar-refractivity contribution in [1.29, 1.82) is 0 Å². The molecular formula is C15H20N6. The Bertz CT molecular complexity index is 713. The number of aromatic nitrogens is 5. The summed E-state index contributed by atoms with van der Waals surface area (Å²) in [5, 5.41) is 8.97. The Balaban J connectivity index is 1.52. The zero-order valence-corrected chi connectivity index (χ0v) is 12.4. The molecule has 0 spiro atoms. The van der Waals surface area contributed by atoms with Crippen molar-refractivity contribution in [3.8, 4) is 0 Å². The maximum Gasteiger partial charge on any atom is 0.157 e. The van der Waals surface area contributed by atoms with Crippen LogP contribution in [0.2, 0.25) is 0 Å². The van der Waals surface area contributed by atoms with Crippen LogP contribution >= 0.6 is 0 Å². The van der Waals surface area contributed by atoms with E-state index in [2.05, 4.69) is 31.4 Å². The van der Waals surface area contributed by atoms with Crippen LogP contribution in [0, 0.1) is 6.92 Å². The molecule has 110 valence electrons. The van der Waals surface area contributed by atoms with Gasteiger partial charge in [-0.3, -0.25) is 4.68 Å². The third-order valence-electron chi connectivity index (χ3n) is 3.57. The van der Waals surface area contributed by atoms with Gasteiger partial charge in [-0.1, -0.05) is 0 Å². The average Bonchev–Trinajstić information content (AvgIpc) is 3.08. The van der Waals surface area contributed by atoms with Crippen molar-refractivity contribution in [2.24, 2.45) is 7.05 Å². The van der Waals surface area contributed by atoms with Gasteiger partial charge in [0.15, 0.2) is 5.65 Å². The van der Waals surface area contributed by atoms with Crippen LogP contribution in [0.3, 0.4) is 0 Å². The lowest BCUT2D eigenvalue weighted by atomic mass is 10.2. The van der Waals surface area contributed by atoms with E-state index >= 15 is 0 Å². The Morgan fingerprint density at radius 3 is 3.05 bits per heavy atom. The quantitative estimate of drug-likeness (QED) is 0.676. The van der Waals surface area contributed by atoms with E-state index in [1.54, 1.807) is 6.20 Å². The molecule has 0 aliphatic rings. The summed E-state index contributed by atoms with van der Waals surface area (Å²) in [4.78, 5) is 11.8. The molecule has 0 atom stereocenters.